The van der Waals surface area contributed by atoms with Gasteiger partial charge in [-0.25, -0.2) is 0 Å². The lowest BCUT2D eigenvalue weighted by Gasteiger charge is -2.34. The molecule has 6 heteroatoms. The number of aliphatic carboxylic acids is 1. The molecule has 0 saturated heterocycles. The predicted molar refractivity (Wildman–Crippen MR) is 152 cm³/mol. The molecule has 190 valence electrons. The standard InChI is InChI=1S/C31H32O4P2/c32-30(33)21-31(36(34,22-26-13-5-1-6-14-26)23-27-15-7-2-8-16-27)37(35,24-28-17-9-3-10-18-28)25-29-19-11-4-12-20-29/h1-20,31H,21-25H2,(H,32,33). The molecule has 0 fully saturated rings. The van der Waals surface area contributed by atoms with Crippen molar-refractivity contribution in [3.63, 3.8) is 0 Å². The SMILES string of the molecule is O=C(O)CC(P(=O)(Cc1ccccc1)Cc1ccccc1)P(=O)(Cc1ccccc1)Cc1ccccc1. The molecule has 0 aliphatic heterocycles. The van der Waals surface area contributed by atoms with Crippen molar-refractivity contribution >= 4 is 20.3 Å². The fraction of sp³-hybridized carbons (Fsp3) is 0.194. The van der Waals surface area contributed by atoms with Gasteiger partial charge in [-0.05, 0) is 22.3 Å². The average Bonchev–Trinajstić information content (AvgIpc) is 2.89. The fourth-order valence-electron chi connectivity index (χ4n) is 4.98. The zero-order valence-electron chi connectivity index (χ0n) is 20.7. The van der Waals surface area contributed by atoms with Crippen molar-refractivity contribution in [1.29, 1.82) is 0 Å². The van der Waals surface area contributed by atoms with Gasteiger partial charge in [-0.1, -0.05) is 121 Å². The summed E-state index contributed by atoms with van der Waals surface area (Å²) in [5.41, 5.74) is 3.46. The van der Waals surface area contributed by atoms with E-state index >= 15 is 9.13 Å². The van der Waals surface area contributed by atoms with Crippen LogP contribution in [0.1, 0.15) is 28.7 Å². The molecule has 0 aromatic heterocycles. The number of carboxylic acid groups (broad SMARTS) is 1. The molecule has 0 atom stereocenters. The molecule has 0 saturated carbocycles. The summed E-state index contributed by atoms with van der Waals surface area (Å²) in [5.74, 6) is -1.08. The third-order valence-corrected chi connectivity index (χ3v) is 15.3. The fourth-order valence-corrected chi connectivity index (χ4v) is 14.4. The van der Waals surface area contributed by atoms with Crippen LogP contribution in [0.5, 0.6) is 0 Å². The highest BCUT2D eigenvalue weighted by Gasteiger charge is 2.46. The Morgan fingerprint density at radius 2 is 0.757 bits per heavy atom. The summed E-state index contributed by atoms with van der Waals surface area (Å²) in [6.07, 6.45) is 0.416. The zero-order valence-corrected chi connectivity index (χ0v) is 22.5. The lowest BCUT2D eigenvalue weighted by atomic mass is 10.2. The summed E-state index contributed by atoms with van der Waals surface area (Å²) in [7, 11) is -6.73. The molecule has 37 heavy (non-hydrogen) atoms. The molecule has 4 aromatic carbocycles. The number of rotatable bonds is 12. The molecule has 4 nitrogen and oxygen atoms in total. The quantitative estimate of drug-likeness (QED) is 0.187. The number of carboxylic acids is 1. The monoisotopic (exact) mass is 530 g/mol. The first-order valence-electron chi connectivity index (χ1n) is 12.4. The van der Waals surface area contributed by atoms with Crippen LogP contribution in [0.2, 0.25) is 0 Å². The van der Waals surface area contributed by atoms with Crippen LogP contribution in [-0.4, -0.2) is 16.5 Å². The van der Waals surface area contributed by atoms with E-state index in [0.29, 0.717) is 0 Å². The van der Waals surface area contributed by atoms with E-state index < -0.39 is 32.1 Å². The van der Waals surface area contributed by atoms with Crippen LogP contribution in [0.15, 0.2) is 121 Å². The third-order valence-electron chi connectivity index (χ3n) is 6.62. The Labute approximate surface area is 219 Å². The Hall–Kier alpha value is -3.19. The van der Waals surface area contributed by atoms with Crippen LogP contribution in [0.25, 0.3) is 0 Å². The molecule has 0 bridgehead atoms. The van der Waals surface area contributed by atoms with Gasteiger partial charge in [0, 0.05) is 24.6 Å². The van der Waals surface area contributed by atoms with Gasteiger partial charge in [0.15, 0.2) is 0 Å². The first kappa shape index (κ1) is 26.9. The average molecular weight is 531 g/mol. The summed E-state index contributed by atoms with van der Waals surface area (Å²) >= 11 is 0. The van der Waals surface area contributed by atoms with Crippen molar-refractivity contribution in [3.8, 4) is 0 Å². The molecule has 0 aliphatic carbocycles. The van der Waals surface area contributed by atoms with Crippen molar-refractivity contribution in [1.82, 2.24) is 0 Å². The molecule has 4 aromatic rings. The van der Waals surface area contributed by atoms with Crippen molar-refractivity contribution in [2.24, 2.45) is 0 Å². The summed E-state index contributed by atoms with van der Waals surface area (Å²) in [4.78, 5) is 12.3. The van der Waals surface area contributed by atoms with E-state index in [1.54, 1.807) is 0 Å². The lowest BCUT2D eigenvalue weighted by molar-refractivity contribution is -0.136. The van der Waals surface area contributed by atoms with Gasteiger partial charge < -0.3 is 14.2 Å². The van der Waals surface area contributed by atoms with E-state index in [-0.39, 0.29) is 24.6 Å². The normalized spacial score (nSPS) is 11.9. The molecular weight excluding hydrogens is 498 g/mol. The largest absolute Gasteiger partial charge is 0.481 e. The second kappa shape index (κ2) is 12.4. The summed E-state index contributed by atoms with van der Waals surface area (Å²) in [6, 6.07) is 38.0. The summed E-state index contributed by atoms with van der Waals surface area (Å²) in [5, 5.41) is 9.07. The van der Waals surface area contributed by atoms with Gasteiger partial charge in [-0.2, -0.15) is 0 Å². The van der Waals surface area contributed by atoms with Crippen LogP contribution < -0.4 is 0 Å². The van der Waals surface area contributed by atoms with Crippen LogP contribution >= 0.6 is 14.3 Å². The maximum atomic E-state index is 15.2. The van der Waals surface area contributed by atoms with E-state index in [0.717, 1.165) is 22.3 Å². The lowest BCUT2D eigenvalue weighted by Crippen LogP contribution is -2.20. The Bertz CT molecular complexity index is 1180. The van der Waals surface area contributed by atoms with Gasteiger partial charge in [-0.3, -0.25) is 4.79 Å². The highest BCUT2D eigenvalue weighted by Crippen LogP contribution is 2.74. The Morgan fingerprint density at radius 1 is 0.514 bits per heavy atom. The van der Waals surface area contributed by atoms with Crippen LogP contribution in [-0.2, 0) is 38.6 Å². The molecule has 0 amide bonds. The predicted octanol–water partition coefficient (Wildman–Crippen LogP) is 8.31. The Kier molecular flexibility index (Phi) is 8.98. The second-order valence-electron chi connectivity index (χ2n) is 9.56. The summed E-state index contributed by atoms with van der Waals surface area (Å²) < 4.78 is 30.4. The van der Waals surface area contributed by atoms with Gasteiger partial charge in [0.1, 0.15) is 14.3 Å². The van der Waals surface area contributed by atoms with E-state index in [1.165, 1.54) is 0 Å². The van der Waals surface area contributed by atoms with Crippen LogP contribution in [0, 0.1) is 0 Å². The summed E-state index contributed by atoms with van der Waals surface area (Å²) in [6.45, 7) is 0. The molecule has 1 N–H and O–H groups in total. The second-order valence-corrected chi connectivity index (χ2v) is 16.3. The maximum Gasteiger partial charge on any atom is 0.304 e. The maximum absolute atomic E-state index is 15.2. The number of hydrogen-bond donors (Lipinski definition) is 1. The first-order valence-corrected chi connectivity index (χ1v) is 16.7. The zero-order chi connectivity index (χ0) is 26.1. The van der Waals surface area contributed by atoms with Crippen LogP contribution in [0.4, 0.5) is 0 Å². The van der Waals surface area contributed by atoms with E-state index in [1.807, 2.05) is 121 Å². The van der Waals surface area contributed by atoms with Gasteiger partial charge in [0.25, 0.3) is 0 Å². The molecule has 0 spiro atoms. The van der Waals surface area contributed by atoms with Gasteiger partial charge in [0.2, 0.25) is 0 Å². The molecule has 0 aliphatic rings. The number of hydrogen-bond acceptors (Lipinski definition) is 3. The molecule has 0 heterocycles. The third kappa shape index (κ3) is 7.41. The highest BCUT2D eigenvalue weighted by molar-refractivity contribution is 7.80. The van der Waals surface area contributed by atoms with Crippen molar-refractivity contribution in [2.45, 2.75) is 36.5 Å². The van der Waals surface area contributed by atoms with Crippen molar-refractivity contribution < 1.29 is 19.0 Å². The highest BCUT2D eigenvalue weighted by atomic mass is 31.2. The Balaban J connectivity index is 1.85. The first-order chi connectivity index (χ1) is 17.9. The van der Waals surface area contributed by atoms with E-state index in [2.05, 4.69) is 0 Å². The number of carbonyl (C=O) groups is 1. The Morgan fingerprint density at radius 3 is 0.973 bits per heavy atom. The van der Waals surface area contributed by atoms with Gasteiger partial charge in [0.05, 0.1) is 11.8 Å². The topological polar surface area (TPSA) is 71.4 Å². The van der Waals surface area contributed by atoms with Crippen molar-refractivity contribution in [3.05, 3.63) is 144 Å². The molecule has 0 radical (unpaired) electrons. The molecule has 4 rings (SSSR count). The minimum absolute atomic E-state index is 0.203. The van der Waals surface area contributed by atoms with Crippen LogP contribution in [0.3, 0.4) is 0 Å². The minimum Gasteiger partial charge on any atom is -0.481 e. The van der Waals surface area contributed by atoms with Gasteiger partial charge in [-0.15, -0.1) is 0 Å². The molecule has 0 unspecified atom stereocenters. The number of benzene rings is 4. The minimum atomic E-state index is -3.37. The molecular formula is C31H32O4P2. The van der Waals surface area contributed by atoms with E-state index in [9.17, 15) is 9.90 Å². The van der Waals surface area contributed by atoms with Crippen molar-refractivity contribution in [2.75, 3.05) is 0 Å². The van der Waals surface area contributed by atoms with E-state index in [4.69, 9.17) is 0 Å². The van der Waals surface area contributed by atoms with Gasteiger partial charge >= 0.3 is 5.97 Å². The smallest absolute Gasteiger partial charge is 0.304 e.